The van der Waals surface area contributed by atoms with Crippen molar-refractivity contribution in [2.45, 2.75) is 51.2 Å². The van der Waals surface area contributed by atoms with E-state index in [1.54, 1.807) is 41.6 Å². The molecule has 3 amide bonds. The zero-order chi connectivity index (χ0) is 37.8. The SMILES string of the molecule is O=C1CCC(N2Cc3c(cccc3N3CCN(CCC4CCN(c5ncc(-c6ccc7c8cnccc8n(C(F)F)c7c6)cc5F)CC4)CC3)C2=O)C(=O)N1. The number of alkyl halides is 2. The molecule has 14 heteroatoms. The molecule has 284 valence electrons. The highest BCUT2D eigenvalue weighted by molar-refractivity contribution is 6.09. The molecule has 7 heterocycles. The van der Waals surface area contributed by atoms with Crippen LogP contribution in [0.1, 0.15) is 54.6 Å². The number of fused-ring (bicyclic) bond motifs is 4. The van der Waals surface area contributed by atoms with Crippen LogP contribution < -0.4 is 15.1 Å². The van der Waals surface area contributed by atoms with E-state index in [-0.39, 0.29) is 18.2 Å². The number of halogens is 3. The van der Waals surface area contributed by atoms with E-state index in [1.807, 2.05) is 17.0 Å². The Morgan fingerprint density at radius 3 is 2.42 bits per heavy atom. The average Bonchev–Trinajstić information content (AvgIpc) is 3.71. The molecular weight excluding hydrogens is 709 g/mol. The van der Waals surface area contributed by atoms with Crippen LogP contribution in [0.15, 0.2) is 67.1 Å². The van der Waals surface area contributed by atoms with Gasteiger partial charge in [0.25, 0.3) is 5.91 Å². The highest BCUT2D eigenvalue weighted by Crippen LogP contribution is 2.37. The fourth-order valence-corrected chi connectivity index (χ4v) is 8.98. The molecule has 4 aliphatic rings. The summed E-state index contributed by atoms with van der Waals surface area (Å²) in [6.45, 7) is 3.53. The molecule has 1 atom stereocenters. The molecule has 3 saturated heterocycles. The molecule has 3 fully saturated rings. The van der Waals surface area contributed by atoms with E-state index in [2.05, 4.69) is 31.2 Å². The molecule has 0 radical (unpaired) electrons. The predicted octanol–water partition coefficient (Wildman–Crippen LogP) is 5.98. The number of nitrogens with zero attached hydrogens (tertiary/aromatic N) is 7. The molecule has 5 aromatic rings. The van der Waals surface area contributed by atoms with Gasteiger partial charge in [0.1, 0.15) is 6.04 Å². The van der Waals surface area contributed by atoms with Gasteiger partial charge in [-0.05, 0) is 74.0 Å². The lowest BCUT2D eigenvalue weighted by Gasteiger charge is -2.38. The summed E-state index contributed by atoms with van der Waals surface area (Å²) in [4.78, 5) is 54.6. The minimum absolute atomic E-state index is 0.155. The summed E-state index contributed by atoms with van der Waals surface area (Å²) in [6, 6.07) is 13.4. The maximum absolute atomic E-state index is 15.6. The van der Waals surface area contributed by atoms with E-state index >= 15 is 4.39 Å². The van der Waals surface area contributed by atoms with Crippen molar-refractivity contribution >= 4 is 51.0 Å². The number of amides is 3. The first-order chi connectivity index (χ1) is 26.7. The van der Waals surface area contributed by atoms with Gasteiger partial charge in [-0.1, -0.05) is 18.2 Å². The van der Waals surface area contributed by atoms with Crippen molar-refractivity contribution in [3.05, 3.63) is 84.1 Å². The Morgan fingerprint density at radius 2 is 1.65 bits per heavy atom. The number of aromatic nitrogens is 3. The third kappa shape index (κ3) is 6.45. The van der Waals surface area contributed by atoms with E-state index in [1.165, 1.54) is 12.3 Å². The van der Waals surface area contributed by atoms with Crippen molar-refractivity contribution in [1.82, 2.24) is 29.7 Å². The van der Waals surface area contributed by atoms with Gasteiger partial charge in [-0.25, -0.2) is 9.37 Å². The second-order valence-electron chi connectivity index (χ2n) is 15.1. The van der Waals surface area contributed by atoms with E-state index < -0.39 is 24.3 Å². The molecule has 3 aromatic heterocycles. The van der Waals surface area contributed by atoms with Gasteiger partial charge in [-0.3, -0.25) is 34.2 Å². The van der Waals surface area contributed by atoms with Crippen LogP contribution in [0, 0.1) is 11.7 Å². The summed E-state index contributed by atoms with van der Waals surface area (Å²) < 4.78 is 44.8. The van der Waals surface area contributed by atoms with Crippen molar-refractivity contribution in [3.63, 3.8) is 0 Å². The summed E-state index contributed by atoms with van der Waals surface area (Å²) in [5, 5.41) is 3.68. The Balaban J connectivity index is 0.778. The van der Waals surface area contributed by atoms with E-state index in [0.717, 1.165) is 67.8 Å². The molecule has 2 aromatic carbocycles. The topological polar surface area (TPSA) is 107 Å². The molecule has 1 unspecified atom stereocenters. The fourth-order valence-electron chi connectivity index (χ4n) is 8.98. The lowest BCUT2D eigenvalue weighted by atomic mass is 9.93. The number of piperazine rings is 1. The second kappa shape index (κ2) is 14.3. The van der Waals surface area contributed by atoms with Gasteiger partial charge in [0.2, 0.25) is 11.8 Å². The Labute approximate surface area is 315 Å². The van der Waals surface area contributed by atoms with Crippen LogP contribution in [-0.4, -0.2) is 93.9 Å². The maximum Gasteiger partial charge on any atom is 0.319 e. The summed E-state index contributed by atoms with van der Waals surface area (Å²) in [6.07, 6.45) is 8.23. The number of carbonyl (C=O) groups excluding carboxylic acids is 3. The molecule has 4 aliphatic heterocycles. The lowest BCUT2D eigenvalue weighted by molar-refractivity contribution is -0.136. The van der Waals surface area contributed by atoms with Gasteiger partial charge in [0.15, 0.2) is 11.6 Å². The van der Waals surface area contributed by atoms with Gasteiger partial charge in [-0.2, -0.15) is 8.78 Å². The first kappa shape index (κ1) is 35.2. The summed E-state index contributed by atoms with van der Waals surface area (Å²) in [5.41, 5.74) is 4.53. The third-order valence-electron chi connectivity index (χ3n) is 12.0. The molecule has 0 saturated carbocycles. The van der Waals surface area contributed by atoms with E-state index in [9.17, 15) is 23.2 Å². The van der Waals surface area contributed by atoms with Crippen LogP contribution in [0.4, 0.5) is 24.7 Å². The van der Waals surface area contributed by atoms with Crippen molar-refractivity contribution < 1.29 is 27.6 Å². The van der Waals surface area contributed by atoms with Crippen molar-refractivity contribution in [2.24, 2.45) is 5.92 Å². The molecule has 0 spiro atoms. The molecular formula is C41H41F3N8O3. The van der Waals surface area contributed by atoms with E-state index in [0.29, 0.717) is 76.3 Å². The summed E-state index contributed by atoms with van der Waals surface area (Å²) >= 11 is 0. The van der Waals surface area contributed by atoms with Gasteiger partial charge in [0, 0.05) is 104 Å². The zero-order valence-corrected chi connectivity index (χ0v) is 30.3. The summed E-state index contributed by atoms with van der Waals surface area (Å²) in [7, 11) is 0. The Morgan fingerprint density at radius 1 is 0.836 bits per heavy atom. The number of piperidine rings is 2. The normalized spacial score (nSPS) is 20.0. The number of rotatable bonds is 8. The second-order valence-corrected chi connectivity index (χ2v) is 15.1. The average molecular weight is 751 g/mol. The fraction of sp³-hybridized carbons (Fsp3) is 0.390. The number of nitrogens with one attached hydrogen (secondary N) is 1. The van der Waals surface area contributed by atoms with E-state index in [4.69, 9.17) is 0 Å². The van der Waals surface area contributed by atoms with Gasteiger partial charge in [0.05, 0.1) is 11.0 Å². The zero-order valence-electron chi connectivity index (χ0n) is 30.3. The molecule has 55 heavy (non-hydrogen) atoms. The van der Waals surface area contributed by atoms with Crippen molar-refractivity contribution in [3.8, 4) is 11.1 Å². The number of benzene rings is 2. The molecule has 0 aliphatic carbocycles. The first-order valence-electron chi connectivity index (χ1n) is 19.0. The van der Waals surface area contributed by atoms with Crippen LogP contribution >= 0.6 is 0 Å². The monoisotopic (exact) mass is 750 g/mol. The number of imide groups is 1. The largest absolute Gasteiger partial charge is 0.369 e. The molecule has 0 bridgehead atoms. The van der Waals surface area contributed by atoms with Crippen molar-refractivity contribution in [1.29, 1.82) is 0 Å². The van der Waals surface area contributed by atoms with Gasteiger partial charge < -0.3 is 14.7 Å². The molecule has 1 N–H and O–H groups in total. The molecule has 11 nitrogen and oxygen atoms in total. The Bertz CT molecular complexity index is 2320. The number of hydrogen-bond acceptors (Lipinski definition) is 8. The van der Waals surface area contributed by atoms with Crippen LogP contribution in [0.5, 0.6) is 0 Å². The van der Waals surface area contributed by atoms with Crippen LogP contribution in [0.25, 0.3) is 32.9 Å². The van der Waals surface area contributed by atoms with Gasteiger partial charge in [-0.15, -0.1) is 0 Å². The Kier molecular flexibility index (Phi) is 9.15. The lowest BCUT2D eigenvalue weighted by Crippen LogP contribution is -2.52. The Hall–Kier alpha value is -5.50. The number of anilines is 2. The third-order valence-corrected chi connectivity index (χ3v) is 12.0. The summed E-state index contributed by atoms with van der Waals surface area (Å²) in [5.74, 6) is -0.426. The van der Waals surface area contributed by atoms with Crippen LogP contribution in [0.2, 0.25) is 0 Å². The minimum atomic E-state index is -2.74. The predicted molar refractivity (Wildman–Crippen MR) is 202 cm³/mol. The standard InChI is InChI=1S/C41H41F3N8O3/c42-32-20-27(26-4-5-28-30-23-45-12-8-34(30)52(41(43)44)36(28)21-26)22-46-38(32)50-14-10-25(11-15-50)9-13-48-16-18-49(19-17-48)33-3-1-2-29-31(33)24-51(40(29)55)35-6-7-37(53)47-39(35)54/h1-5,8,12,20-23,25,35,41H,6-7,9-11,13-19,24H2,(H,47,53,54). The smallest absolute Gasteiger partial charge is 0.319 e. The van der Waals surface area contributed by atoms with Gasteiger partial charge >= 0.3 is 6.55 Å². The molecule has 9 rings (SSSR count). The van der Waals surface area contributed by atoms with Crippen LogP contribution in [-0.2, 0) is 16.1 Å². The number of carbonyl (C=O) groups is 3. The number of hydrogen-bond donors (Lipinski definition) is 1. The quantitative estimate of drug-likeness (QED) is 0.194. The van der Waals surface area contributed by atoms with Crippen molar-refractivity contribution in [2.75, 3.05) is 55.6 Å². The maximum atomic E-state index is 15.6. The first-order valence-corrected chi connectivity index (χ1v) is 19.0. The highest BCUT2D eigenvalue weighted by atomic mass is 19.3. The van der Waals surface area contributed by atoms with Crippen LogP contribution in [0.3, 0.4) is 0 Å². The highest BCUT2D eigenvalue weighted by Gasteiger charge is 2.40. The number of pyridine rings is 2. The minimum Gasteiger partial charge on any atom is -0.369 e.